The highest BCUT2D eigenvalue weighted by molar-refractivity contribution is 5.96. The molecule has 0 spiro atoms. The van der Waals surface area contributed by atoms with E-state index in [2.05, 4.69) is 30.7 Å². The minimum absolute atomic E-state index is 0.136. The molecule has 3 aromatic carbocycles. The van der Waals surface area contributed by atoms with E-state index in [1.54, 1.807) is 43.8 Å². The lowest BCUT2D eigenvalue weighted by Gasteiger charge is -2.38. The SMILES string of the molecule is COc1ccc2cc1-c1cccc(c1)OCC(=O)NCc1ccc(cc1)O[C@@H]1CCN(Cc3nnc(-c4cccnc4)o3)C[C@H]1NC2=O. The van der Waals surface area contributed by atoms with Gasteiger partial charge in [-0.25, -0.2) is 0 Å². The number of nitrogens with one attached hydrogen (secondary N) is 2. The number of hydrogen-bond donors (Lipinski definition) is 2. The van der Waals surface area contributed by atoms with E-state index < -0.39 is 0 Å². The van der Waals surface area contributed by atoms with Crippen molar-refractivity contribution < 1.29 is 28.2 Å². The van der Waals surface area contributed by atoms with Crippen molar-refractivity contribution >= 4 is 11.8 Å². The lowest BCUT2D eigenvalue weighted by Crippen LogP contribution is -2.56. The van der Waals surface area contributed by atoms with Gasteiger partial charge in [0.2, 0.25) is 11.8 Å². The molecule has 0 radical (unpaired) electrons. The first-order valence-corrected chi connectivity index (χ1v) is 15.7. The highest BCUT2D eigenvalue weighted by Gasteiger charge is 2.33. The van der Waals surface area contributed by atoms with Gasteiger partial charge in [-0.3, -0.25) is 19.5 Å². The van der Waals surface area contributed by atoms with Gasteiger partial charge in [0.1, 0.15) is 23.4 Å². The Hall–Kier alpha value is -5.75. The van der Waals surface area contributed by atoms with Gasteiger partial charge < -0.3 is 29.3 Å². The van der Waals surface area contributed by atoms with Crippen molar-refractivity contribution in [3.63, 3.8) is 0 Å². The van der Waals surface area contributed by atoms with Crippen LogP contribution in [-0.2, 0) is 17.9 Å². The van der Waals surface area contributed by atoms with Gasteiger partial charge in [-0.1, -0.05) is 24.3 Å². The predicted molar refractivity (Wildman–Crippen MR) is 175 cm³/mol. The summed E-state index contributed by atoms with van der Waals surface area (Å²) in [4.78, 5) is 32.7. The number of fused-ring (bicyclic) bond motifs is 7. The molecule has 2 atom stereocenters. The lowest BCUT2D eigenvalue weighted by atomic mass is 9.99. The van der Waals surface area contributed by atoms with E-state index in [1.807, 2.05) is 54.6 Å². The first-order chi connectivity index (χ1) is 23.5. The second-order valence-electron chi connectivity index (χ2n) is 11.7. The van der Waals surface area contributed by atoms with Gasteiger partial charge in [0.05, 0.1) is 25.3 Å². The number of nitrogens with zero attached hydrogens (tertiary/aromatic N) is 4. The average molecular weight is 647 g/mol. The third-order valence-corrected chi connectivity index (χ3v) is 8.36. The molecule has 6 bridgehead atoms. The van der Waals surface area contributed by atoms with E-state index in [0.717, 1.165) is 16.7 Å². The number of pyridine rings is 1. The van der Waals surface area contributed by atoms with E-state index in [9.17, 15) is 9.59 Å². The summed E-state index contributed by atoms with van der Waals surface area (Å²) in [5, 5.41) is 14.6. The molecule has 12 nitrogen and oxygen atoms in total. The van der Waals surface area contributed by atoms with Gasteiger partial charge in [0.15, 0.2) is 6.61 Å². The monoisotopic (exact) mass is 646 g/mol. The second kappa shape index (κ2) is 13.9. The molecular weight excluding hydrogens is 612 g/mol. The summed E-state index contributed by atoms with van der Waals surface area (Å²) in [5.41, 5.74) is 3.63. The van der Waals surface area contributed by atoms with E-state index in [0.29, 0.717) is 72.8 Å². The highest BCUT2D eigenvalue weighted by Crippen LogP contribution is 2.33. The number of benzene rings is 3. The van der Waals surface area contributed by atoms with Gasteiger partial charge in [-0.15, -0.1) is 10.2 Å². The maximum atomic E-state index is 13.9. The van der Waals surface area contributed by atoms with Gasteiger partial charge in [0, 0.05) is 43.2 Å². The molecule has 5 heterocycles. The molecule has 1 fully saturated rings. The Balaban J connectivity index is 1.17. The number of rotatable bonds is 4. The van der Waals surface area contributed by atoms with Crippen LogP contribution in [0, 0.1) is 0 Å². The minimum Gasteiger partial charge on any atom is -0.496 e. The van der Waals surface area contributed by atoms with Gasteiger partial charge in [-0.2, -0.15) is 0 Å². The maximum absolute atomic E-state index is 13.9. The molecule has 0 unspecified atom stereocenters. The average Bonchev–Trinajstić information content (AvgIpc) is 3.60. The second-order valence-corrected chi connectivity index (χ2v) is 11.7. The smallest absolute Gasteiger partial charge is 0.258 e. The zero-order valence-electron chi connectivity index (χ0n) is 26.3. The third-order valence-electron chi connectivity index (χ3n) is 8.36. The van der Waals surface area contributed by atoms with Crippen LogP contribution in [0.1, 0.15) is 28.2 Å². The molecule has 2 N–H and O–H groups in total. The fraction of sp³-hybridized carbons (Fsp3) is 0.250. The molecular formula is C36H34N6O6. The number of methoxy groups -OCH3 is 1. The zero-order chi connectivity index (χ0) is 32.9. The molecule has 12 heteroatoms. The van der Waals surface area contributed by atoms with Crippen LogP contribution in [0.4, 0.5) is 0 Å². The van der Waals surface area contributed by atoms with Crippen molar-refractivity contribution in [3.05, 3.63) is 108 Å². The number of carbonyl (C=O) groups is 2. The zero-order valence-corrected chi connectivity index (χ0v) is 26.3. The summed E-state index contributed by atoms with van der Waals surface area (Å²) >= 11 is 0. The number of hydrogen-bond acceptors (Lipinski definition) is 10. The van der Waals surface area contributed by atoms with Gasteiger partial charge >= 0.3 is 0 Å². The predicted octanol–water partition coefficient (Wildman–Crippen LogP) is 4.27. The van der Waals surface area contributed by atoms with Crippen molar-refractivity contribution in [1.82, 2.24) is 30.7 Å². The number of amides is 2. The van der Waals surface area contributed by atoms with Crippen LogP contribution in [0.25, 0.3) is 22.6 Å². The molecule has 2 aromatic heterocycles. The molecule has 48 heavy (non-hydrogen) atoms. The van der Waals surface area contributed by atoms with E-state index in [-0.39, 0.29) is 30.6 Å². The molecule has 3 aliphatic heterocycles. The van der Waals surface area contributed by atoms with Crippen molar-refractivity contribution in [2.45, 2.75) is 31.7 Å². The maximum Gasteiger partial charge on any atom is 0.258 e. The summed E-state index contributed by atoms with van der Waals surface area (Å²) in [5.74, 6) is 2.18. The Kier molecular flexibility index (Phi) is 8.97. The normalized spacial score (nSPS) is 18.4. The molecule has 0 saturated carbocycles. The Bertz CT molecular complexity index is 1900. The van der Waals surface area contributed by atoms with Crippen molar-refractivity contribution in [2.24, 2.45) is 0 Å². The van der Waals surface area contributed by atoms with E-state index in [4.69, 9.17) is 18.6 Å². The fourth-order valence-electron chi connectivity index (χ4n) is 5.88. The van der Waals surface area contributed by atoms with Crippen LogP contribution in [0.3, 0.4) is 0 Å². The molecule has 1 saturated heterocycles. The first kappa shape index (κ1) is 30.9. The molecule has 5 aromatic rings. The highest BCUT2D eigenvalue weighted by atomic mass is 16.5. The largest absolute Gasteiger partial charge is 0.496 e. The molecule has 3 aliphatic rings. The topological polar surface area (TPSA) is 141 Å². The third kappa shape index (κ3) is 7.13. The fourth-order valence-corrected chi connectivity index (χ4v) is 5.88. The summed E-state index contributed by atoms with van der Waals surface area (Å²) in [7, 11) is 1.58. The summed E-state index contributed by atoms with van der Waals surface area (Å²) in [6.07, 6.45) is 3.71. The number of carbonyl (C=O) groups excluding carboxylic acids is 2. The van der Waals surface area contributed by atoms with Crippen LogP contribution in [0.5, 0.6) is 17.2 Å². The Morgan fingerprint density at radius 3 is 2.65 bits per heavy atom. The Labute approximate surface area is 277 Å². The number of ether oxygens (including phenoxy) is 3. The first-order valence-electron chi connectivity index (χ1n) is 15.7. The molecule has 2 amide bonds. The van der Waals surface area contributed by atoms with Crippen molar-refractivity contribution in [1.29, 1.82) is 0 Å². The van der Waals surface area contributed by atoms with E-state index >= 15 is 0 Å². The van der Waals surface area contributed by atoms with Crippen LogP contribution in [0.15, 0.2) is 95.7 Å². The van der Waals surface area contributed by atoms with Crippen LogP contribution >= 0.6 is 0 Å². The Morgan fingerprint density at radius 1 is 0.938 bits per heavy atom. The number of piperidine rings is 1. The summed E-state index contributed by atoms with van der Waals surface area (Å²) in [6, 6.07) is 23.6. The summed E-state index contributed by atoms with van der Waals surface area (Å²) < 4.78 is 23.9. The number of aromatic nitrogens is 3. The molecule has 244 valence electrons. The van der Waals surface area contributed by atoms with Crippen LogP contribution in [-0.4, -0.2) is 70.8 Å². The minimum atomic E-state index is -0.362. The molecule has 8 rings (SSSR count). The number of likely N-dealkylation sites (tertiary alicyclic amines) is 1. The van der Waals surface area contributed by atoms with Gasteiger partial charge in [0.25, 0.3) is 11.8 Å². The van der Waals surface area contributed by atoms with Crippen molar-refractivity contribution in [2.75, 3.05) is 26.8 Å². The van der Waals surface area contributed by atoms with Crippen molar-refractivity contribution in [3.8, 4) is 39.8 Å². The molecule has 0 aliphatic carbocycles. The van der Waals surface area contributed by atoms with E-state index in [1.165, 1.54) is 0 Å². The quantitative estimate of drug-likeness (QED) is 0.291. The van der Waals surface area contributed by atoms with Crippen LogP contribution < -0.4 is 24.8 Å². The lowest BCUT2D eigenvalue weighted by molar-refractivity contribution is -0.123. The Morgan fingerprint density at radius 2 is 1.81 bits per heavy atom. The summed E-state index contributed by atoms with van der Waals surface area (Å²) in [6.45, 7) is 1.81. The van der Waals surface area contributed by atoms with Gasteiger partial charge in [-0.05, 0) is 72.1 Å². The van der Waals surface area contributed by atoms with Crippen LogP contribution in [0.2, 0.25) is 0 Å². The standard InChI is InChI=1S/C36H34N6O6/c1-45-31-12-9-25-17-29(31)24-4-2-6-28(16-24)46-22-33(43)38-18-23-7-10-27(11-8-23)47-32-13-15-42(20-30(32)39-35(25)44)21-34-40-41-36(48-34)26-5-3-14-37-19-26/h2-12,14,16-17,19,30,32H,13,15,18,20-22H2,1H3,(H,38,43)(H,39,44)/t30-,32-/m1/s1.